The number of ether oxygens (including phenoxy) is 1. The van der Waals surface area contributed by atoms with Crippen LogP contribution in [0.15, 0.2) is 12.1 Å². The van der Waals surface area contributed by atoms with E-state index in [2.05, 4.69) is 0 Å². The molecule has 0 aliphatic carbocycles. The van der Waals surface area contributed by atoms with Crippen molar-refractivity contribution in [2.24, 2.45) is 5.73 Å². The van der Waals surface area contributed by atoms with Gasteiger partial charge in [0.25, 0.3) is 0 Å². The Labute approximate surface area is 87.8 Å². The van der Waals surface area contributed by atoms with E-state index in [1.807, 2.05) is 0 Å². The Morgan fingerprint density at radius 2 is 2.21 bits per heavy atom. The van der Waals surface area contributed by atoms with Crippen molar-refractivity contribution < 1.29 is 9.13 Å². The van der Waals surface area contributed by atoms with Crippen LogP contribution in [0.25, 0.3) is 0 Å². The van der Waals surface area contributed by atoms with Gasteiger partial charge in [0.05, 0.1) is 12.1 Å². The maximum atomic E-state index is 13.1. The zero-order chi connectivity index (χ0) is 10.6. The predicted octanol–water partition coefficient (Wildman–Crippen LogP) is 2.38. The van der Waals surface area contributed by atoms with Crippen LogP contribution in [0.2, 0.25) is 5.02 Å². The quantitative estimate of drug-likeness (QED) is 0.841. The lowest BCUT2D eigenvalue weighted by Gasteiger charge is -2.08. The molecule has 2 N–H and O–H groups in total. The molecule has 0 amide bonds. The first kappa shape index (κ1) is 11.3. The number of aryl methyl sites for hydroxylation is 1. The lowest BCUT2D eigenvalue weighted by atomic mass is 10.1. The van der Waals surface area contributed by atoms with Crippen molar-refractivity contribution >= 4 is 11.6 Å². The molecule has 0 aromatic heterocycles. The molecule has 0 aliphatic rings. The van der Waals surface area contributed by atoms with E-state index in [9.17, 15) is 4.39 Å². The van der Waals surface area contributed by atoms with Gasteiger partial charge in [-0.3, -0.25) is 0 Å². The molecule has 2 nitrogen and oxygen atoms in total. The third-order valence-corrected chi connectivity index (χ3v) is 2.38. The maximum absolute atomic E-state index is 13.1. The minimum Gasteiger partial charge on any atom is -0.495 e. The first-order chi connectivity index (χ1) is 6.69. The zero-order valence-electron chi connectivity index (χ0n) is 8.02. The van der Waals surface area contributed by atoms with Crippen molar-refractivity contribution in [3.63, 3.8) is 0 Å². The molecule has 1 rings (SSSR count). The number of rotatable bonds is 4. The van der Waals surface area contributed by atoms with E-state index in [0.717, 1.165) is 12.0 Å². The summed E-state index contributed by atoms with van der Waals surface area (Å²) in [6.45, 7) is 0.565. The third-order valence-electron chi connectivity index (χ3n) is 1.95. The van der Waals surface area contributed by atoms with Crippen LogP contribution in [0.4, 0.5) is 4.39 Å². The molecule has 4 heteroatoms. The van der Waals surface area contributed by atoms with E-state index in [0.29, 0.717) is 23.7 Å². The van der Waals surface area contributed by atoms with Gasteiger partial charge in [0.1, 0.15) is 11.6 Å². The average Bonchev–Trinajstić information content (AvgIpc) is 2.18. The van der Waals surface area contributed by atoms with Gasteiger partial charge in [-0.05, 0) is 31.0 Å². The number of hydrogen-bond acceptors (Lipinski definition) is 2. The molecule has 0 saturated heterocycles. The summed E-state index contributed by atoms with van der Waals surface area (Å²) in [5.41, 5.74) is 6.11. The van der Waals surface area contributed by atoms with Crippen LogP contribution in [0.3, 0.4) is 0 Å². The van der Waals surface area contributed by atoms with Gasteiger partial charge in [-0.25, -0.2) is 4.39 Å². The van der Waals surface area contributed by atoms with E-state index in [-0.39, 0.29) is 5.82 Å². The molecule has 0 radical (unpaired) electrons. The summed E-state index contributed by atoms with van der Waals surface area (Å²) in [5, 5.41) is 0.474. The number of methoxy groups -OCH3 is 1. The Balaban J connectivity index is 2.96. The molecular weight excluding hydrogens is 205 g/mol. The van der Waals surface area contributed by atoms with Crippen LogP contribution in [0, 0.1) is 5.82 Å². The largest absolute Gasteiger partial charge is 0.495 e. The van der Waals surface area contributed by atoms with Gasteiger partial charge in [0, 0.05) is 6.07 Å². The first-order valence-electron chi connectivity index (χ1n) is 4.41. The van der Waals surface area contributed by atoms with Gasteiger partial charge in [-0.2, -0.15) is 0 Å². The van der Waals surface area contributed by atoms with E-state index in [1.54, 1.807) is 0 Å². The van der Waals surface area contributed by atoms with Crippen LogP contribution in [-0.2, 0) is 6.42 Å². The minimum absolute atomic E-state index is 0.335. The molecule has 0 spiro atoms. The zero-order valence-corrected chi connectivity index (χ0v) is 8.77. The second kappa shape index (κ2) is 5.17. The van der Waals surface area contributed by atoms with Gasteiger partial charge in [-0.1, -0.05) is 11.6 Å². The van der Waals surface area contributed by atoms with Gasteiger partial charge in [0.15, 0.2) is 0 Å². The van der Waals surface area contributed by atoms with Gasteiger partial charge in [0.2, 0.25) is 0 Å². The monoisotopic (exact) mass is 217 g/mol. The lowest BCUT2D eigenvalue weighted by Crippen LogP contribution is -2.01. The fourth-order valence-electron chi connectivity index (χ4n) is 1.24. The topological polar surface area (TPSA) is 35.2 Å². The molecule has 78 valence electrons. The van der Waals surface area contributed by atoms with Gasteiger partial charge in [-0.15, -0.1) is 0 Å². The molecule has 1 aromatic rings. The van der Waals surface area contributed by atoms with Crippen LogP contribution in [-0.4, -0.2) is 13.7 Å². The van der Waals surface area contributed by atoms with E-state index >= 15 is 0 Å². The highest BCUT2D eigenvalue weighted by Gasteiger charge is 2.08. The van der Waals surface area contributed by atoms with Gasteiger partial charge < -0.3 is 10.5 Å². The Bertz CT molecular complexity index is 317. The van der Waals surface area contributed by atoms with Crippen LogP contribution in [0.5, 0.6) is 5.75 Å². The Morgan fingerprint density at radius 3 is 2.79 bits per heavy atom. The first-order valence-corrected chi connectivity index (χ1v) is 4.78. The van der Waals surface area contributed by atoms with Crippen molar-refractivity contribution in [1.82, 2.24) is 0 Å². The summed E-state index contributed by atoms with van der Waals surface area (Å²) in [4.78, 5) is 0. The summed E-state index contributed by atoms with van der Waals surface area (Å²) in [7, 11) is 1.47. The molecule has 0 fully saturated rings. The SMILES string of the molecule is COc1cc(F)cc(CCCN)c1Cl. The molecular formula is C10H13ClFNO. The van der Waals surface area contributed by atoms with Crippen LogP contribution >= 0.6 is 11.6 Å². The van der Waals surface area contributed by atoms with Crippen molar-refractivity contribution in [2.75, 3.05) is 13.7 Å². The number of halogens is 2. The summed E-state index contributed by atoms with van der Waals surface area (Å²) in [6.07, 6.45) is 1.45. The molecule has 0 atom stereocenters. The standard InChI is InChI=1S/C10H13ClFNO/c1-14-9-6-8(12)5-7(10(9)11)3-2-4-13/h5-6H,2-4,13H2,1H3. The Hall–Kier alpha value is -0.800. The van der Waals surface area contributed by atoms with Crippen molar-refractivity contribution in [3.8, 4) is 5.75 Å². The average molecular weight is 218 g/mol. The second-order valence-corrected chi connectivity index (χ2v) is 3.35. The maximum Gasteiger partial charge on any atom is 0.140 e. The Morgan fingerprint density at radius 1 is 1.50 bits per heavy atom. The Kier molecular flexibility index (Phi) is 4.17. The molecule has 0 aliphatic heterocycles. The highest BCUT2D eigenvalue weighted by atomic mass is 35.5. The van der Waals surface area contributed by atoms with Crippen molar-refractivity contribution in [1.29, 1.82) is 0 Å². The molecule has 0 saturated carbocycles. The summed E-state index contributed by atoms with van der Waals surface area (Å²) in [5.74, 6) is 0.0389. The van der Waals surface area contributed by atoms with Crippen LogP contribution in [0.1, 0.15) is 12.0 Å². The molecule has 1 aromatic carbocycles. The number of benzene rings is 1. The molecule has 0 unspecified atom stereocenters. The summed E-state index contributed by atoms with van der Waals surface area (Å²) in [6, 6.07) is 2.69. The predicted molar refractivity (Wildman–Crippen MR) is 55.3 cm³/mol. The molecule has 0 bridgehead atoms. The van der Waals surface area contributed by atoms with E-state index in [4.69, 9.17) is 22.1 Å². The minimum atomic E-state index is -0.335. The molecule has 14 heavy (non-hydrogen) atoms. The number of hydrogen-bond donors (Lipinski definition) is 1. The highest BCUT2D eigenvalue weighted by Crippen LogP contribution is 2.29. The normalized spacial score (nSPS) is 10.3. The van der Waals surface area contributed by atoms with Gasteiger partial charge >= 0.3 is 0 Å². The summed E-state index contributed by atoms with van der Waals surface area (Å²) < 4.78 is 18.0. The smallest absolute Gasteiger partial charge is 0.140 e. The molecule has 0 heterocycles. The third kappa shape index (κ3) is 2.59. The number of nitrogens with two attached hydrogens (primary N) is 1. The van der Waals surface area contributed by atoms with E-state index in [1.165, 1.54) is 19.2 Å². The fraction of sp³-hybridized carbons (Fsp3) is 0.400. The van der Waals surface area contributed by atoms with Crippen LogP contribution < -0.4 is 10.5 Å². The van der Waals surface area contributed by atoms with E-state index < -0.39 is 0 Å². The second-order valence-electron chi connectivity index (χ2n) is 2.97. The fourth-order valence-corrected chi connectivity index (χ4v) is 1.52. The van der Waals surface area contributed by atoms with Crippen molar-refractivity contribution in [3.05, 3.63) is 28.5 Å². The summed E-state index contributed by atoms with van der Waals surface area (Å²) >= 11 is 5.98. The lowest BCUT2D eigenvalue weighted by molar-refractivity contribution is 0.411. The van der Waals surface area contributed by atoms with Crippen molar-refractivity contribution in [2.45, 2.75) is 12.8 Å². The highest BCUT2D eigenvalue weighted by molar-refractivity contribution is 6.32.